The lowest BCUT2D eigenvalue weighted by molar-refractivity contribution is -0.135. The Kier molecular flexibility index (Phi) is 5.20. The van der Waals surface area contributed by atoms with Crippen LogP contribution in [0.2, 0.25) is 0 Å². The monoisotopic (exact) mass is 349 g/mol. The van der Waals surface area contributed by atoms with Gasteiger partial charge in [0.15, 0.2) is 11.5 Å². The van der Waals surface area contributed by atoms with E-state index in [1.165, 1.54) is 14.2 Å². The van der Waals surface area contributed by atoms with Gasteiger partial charge >= 0.3 is 6.03 Å². The van der Waals surface area contributed by atoms with E-state index < -0.39 is 23.4 Å². The maximum Gasteiger partial charge on any atom is 0.325 e. The lowest BCUT2D eigenvalue weighted by Crippen LogP contribution is -2.44. The number of hydrogen-bond donors (Lipinski definition) is 2. The van der Waals surface area contributed by atoms with Crippen LogP contribution >= 0.6 is 0 Å². The van der Waals surface area contributed by atoms with Gasteiger partial charge in [-0.1, -0.05) is 6.07 Å². The third-order valence-corrected chi connectivity index (χ3v) is 3.99. The molecule has 1 aromatic rings. The number of hydrogen-bond acceptors (Lipinski definition) is 5. The molecule has 0 radical (unpaired) electrons. The number of nitrogens with zero attached hydrogens (tertiary/aromatic N) is 1. The minimum atomic E-state index is -1.28. The van der Waals surface area contributed by atoms with E-state index in [0.717, 1.165) is 4.90 Å². The summed E-state index contributed by atoms with van der Waals surface area (Å²) in [5, 5.41) is 5.32. The Morgan fingerprint density at radius 1 is 1.24 bits per heavy atom. The lowest BCUT2D eigenvalue weighted by atomic mass is 9.91. The van der Waals surface area contributed by atoms with Gasteiger partial charge in [0.05, 0.1) is 14.2 Å². The number of methoxy groups -OCH3 is 2. The van der Waals surface area contributed by atoms with Crippen LogP contribution in [0.1, 0.15) is 26.3 Å². The van der Waals surface area contributed by atoms with E-state index >= 15 is 0 Å². The van der Waals surface area contributed by atoms with Gasteiger partial charge in [-0.05, 0) is 38.5 Å². The van der Waals surface area contributed by atoms with E-state index in [4.69, 9.17) is 9.47 Å². The predicted octanol–water partition coefficient (Wildman–Crippen LogP) is 0.995. The summed E-state index contributed by atoms with van der Waals surface area (Å²) in [4.78, 5) is 37.9. The summed E-state index contributed by atoms with van der Waals surface area (Å²) in [6.45, 7) is 4.87. The average Bonchev–Trinajstić information content (AvgIpc) is 2.77. The molecule has 1 saturated heterocycles. The molecule has 25 heavy (non-hydrogen) atoms. The SMILES string of the molecule is COc1ccc(C2(C)NC(=O)N(CC(=O)NC(C)C)C2=O)cc1OC. The van der Waals surface area contributed by atoms with Crippen LogP contribution in [0.3, 0.4) is 0 Å². The van der Waals surface area contributed by atoms with Crippen molar-refractivity contribution in [3.8, 4) is 11.5 Å². The van der Waals surface area contributed by atoms with Crippen LogP contribution in [-0.2, 0) is 15.1 Å². The Bertz CT molecular complexity index is 704. The molecule has 8 heteroatoms. The first-order chi connectivity index (χ1) is 11.7. The first-order valence-electron chi connectivity index (χ1n) is 7.89. The zero-order chi connectivity index (χ0) is 18.8. The average molecular weight is 349 g/mol. The molecule has 136 valence electrons. The van der Waals surface area contributed by atoms with Gasteiger partial charge in [0, 0.05) is 6.04 Å². The van der Waals surface area contributed by atoms with Crippen molar-refractivity contribution < 1.29 is 23.9 Å². The van der Waals surface area contributed by atoms with Crippen molar-refractivity contribution in [1.82, 2.24) is 15.5 Å². The Balaban J connectivity index is 2.29. The minimum Gasteiger partial charge on any atom is -0.493 e. The molecule has 1 heterocycles. The van der Waals surface area contributed by atoms with Crippen molar-refractivity contribution in [2.75, 3.05) is 20.8 Å². The highest BCUT2D eigenvalue weighted by Crippen LogP contribution is 2.35. The number of imide groups is 1. The molecule has 2 N–H and O–H groups in total. The van der Waals surface area contributed by atoms with E-state index in [-0.39, 0.29) is 12.6 Å². The number of ether oxygens (including phenoxy) is 2. The fraction of sp³-hybridized carbons (Fsp3) is 0.471. The molecule has 8 nitrogen and oxygen atoms in total. The molecule has 0 saturated carbocycles. The predicted molar refractivity (Wildman–Crippen MR) is 90.4 cm³/mol. The molecule has 0 aliphatic carbocycles. The normalized spacial score (nSPS) is 19.8. The van der Waals surface area contributed by atoms with Crippen molar-refractivity contribution in [1.29, 1.82) is 0 Å². The van der Waals surface area contributed by atoms with E-state index in [2.05, 4.69) is 10.6 Å². The summed E-state index contributed by atoms with van der Waals surface area (Å²) in [6, 6.07) is 4.28. The molecule has 4 amide bonds. The van der Waals surface area contributed by atoms with E-state index in [0.29, 0.717) is 17.1 Å². The Hall–Kier alpha value is -2.77. The zero-order valence-electron chi connectivity index (χ0n) is 15.0. The van der Waals surface area contributed by atoms with Gasteiger partial charge in [-0.15, -0.1) is 0 Å². The second kappa shape index (κ2) is 7.00. The summed E-state index contributed by atoms with van der Waals surface area (Å²) in [5.74, 6) is 0.0674. The van der Waals surface area contributed by atoms with Crippen LogP contribution in [0.25, 0.3) is 0 Å². The molecule has 0 spiro atoms. The maximum atomic E-state index is 12.8. The largest absolute Gasteiger partial charge is 0.493 e. The highest BCUT2D eigenvalue weighted by molar-refractivity contribution is 6.09. The Morgan fingerprint density at radius 3 is 2.44 bits per heavy atom. The third-order valence-electron chi connectivity index (χ3n) is 3.99. The minimum absolute atomic E-state index is 0.0782. The molecular formula is C17H23N3O5. The molecule has 1 fully saturated rings. The topological polar surface area (TPSA) is 97.0 Å². The second-order valence-electron chi connectivity index (χ2n) is 6.24. The van der Waals surface area contributed by atoms with Crippen molar-refractivity contribution in [2.24, 2.45) is 0 Å². The van der Waals surface area contributed by atoms with Crippen molar-refractivity contribution in [3.05, 3.63) is 23.8 Å². The van der Waals surface area contributed by atoms with Gasteiger partial charge in [0.2, 0.25) is 5.91 Å². The van der Waals surface area contributed by atoms with Gasteiger partial charge in [-0.25, -0.2) is 4.79 Å². The molecule has 2 rings (SSSR count). The van der Waals surface area contributed by atoms with Crippen LogP contribution in [0.15, 0.2) is 18.2 Å². The van der Waals surface area contributed by atoms with Gasteiger partial charge in [-0.2, -0.15) is 0 Å². The van der Waals surface area contributed by atoms with E-state index in [1.54, 1.807) is 39.0 Å². The summed E-state index contributed by atoms with van der Waals surface area (Å²) in [7, 11) is 3.00. The first-order valence-corrected chi connectivity index (χ1v) is 7.89. The molecule has 0 aromatic heterocycles. The fourth-order valence-corrected chi connectivity index (χ4v) is 2.69. The summed E-state index contributed by atoms with van der Waals surface area (Å²) in [6.07, 6.45) is 0. The van der Waals surface area contributed by atoms with Crippen LogP contribution < -0.4 is 20.1 Å². The third kappa shape index (κ3) is 3.52. The summed E-state index contributed by atoms with van der Waals surface area (Å²) in [5.41, 5.74) is -0.746. The number of benzene rings is 1. The van der Waals surface area contributed by atoms with E-state index in [9.17, 15) is 14.4 Å². The van der Waals surface area contributed by atoms with Gasteiger partial charge in [0.25, 0.3) is 5.91 Å². The van der Waals surface area contributed by atoms with Gasteiger partial charge in [0.1, 0.15) is 12.1 Å². The molecule has 1 unspecified atom stereocenters. The van der Waals surface area contributed by atoms with E-state index in [1.807, 2.05) is 0 Å². The number of urea groups is 1. The zero-order valence-corrected chi connectivity index (χ0v) is 15.0. The smallest absolute Gasteiger partial charge is 0.325 e. The Labute approximate surface area is 146 Å². The second-order valence-corrected chi connectivity index (χ2v) is 6.24. The van der Waals surface area contributed by atoms with Gasteiger partial charge in [-0.3, -0.25) is 14.5 Å². The standard InChI is InChI=1S/C17H23N3O5/c1-10(2)18-14(21)9-20-15(22)17(3,19-16(20)23)11-6-7-12(24-4)13(8-11)25-5/h6-8,10H,9H2,1-5H3,(H,18,21)(H,19,23). The van der Waals surface area contributed by atoms with Crippen LogP contribution in [0, 0.1) is 0 Å². The van der Waals surface area contributed by atoms with Crippen molar-refractivity contribution in [2.45, 2.75) is 32.4 Å². The number of amides is 4. The maximum absolute atomic E-state index is 12.8. The molecular weight excluding hydrogens is 326 g/mol. The molecule has 1 aliphatic heterocycles. The quantitative estimate of drug-likeness (QED) is 0.747. The van der Waals surface area contributed by atoms with Gasteiger partial charge < -0.3 is 20.1 Å². The number of nitrogens with one attached hydrogen (secondary N) is 2. The highest BCUT2D eigenvalue weighted by atomic mass is 16.5. The Morgan fingerprint density at radius 2 is 1.88 bits per heavy atom. The van der Waals surface area contributed by atoms with Crippen LogP contribution in [0.5, 0.6) is 11.5 Å². The highest BCUT2D eigenvalue weighted by Gasteiger charge is 2.49. The summed E-state index contributed by atoms with van der Waals surface area (Å²) >= 11 is 0. The van der Waals surface area contributed by atoms with Crippen LogP contribution in [-0.4, -0.2) is 49.6 Å². The molecule has 1 aromatic carbocycles. The molecule has 1 aliphatic rings. The van der Waals surface area contributed by atoms with Crippen LogP contribution in [0.4, 0.5) is 4.79 Å². The fourth-order valence-electron chi connectivity index (χ4n) is 2.69. The van der Waals surface area contributed by atoms with Crippen molar-refractivity contribution >= 4 is 17.8 Å². The lowest BCUT2D eigenvalue weighted by Gasteiger charge is -2.23. The molecule has 0 bridgehead atoms. The number of carbonyl (C=O) groups is 3. The number of rotatable bonds is 6. The van der Waals surface area contributed by atoms with Crippen molar-refractivity contribution in [3.63, 3.8) is 0 Å². The first kappa shape index (κ1) is 18.6. The summed E-state index contributed by atoms with van der Waals surface area (Å²) < 4.78 is 10.4. The molecule has 1 atom stereocenters. The number of carbonyl (C=O) groups excluding carboxylic acids is 3.